The molecule has 0 aliphatic rings. The summed E-state index contributed by atoms with van der Waals surface area (Å²) in [7, 11) is 1.30. The Morgan fingerprint density at radius 2 is 1.70 bits per heavy atom. The van der Waals surface area contributed by atoms with Crippen LogP contribution in [0, 0.1) is 0 Å². The lowest BCUT2D eigenvalue weighted by molar-refractivity contribution is -0.145. The van der Waals surface area contributed by atoms with Crippen LogP contribution in [0.2, 0.25) is 0 Å². The molecule has 0 unspecified atom stereocenters. The normalized spacial score (nSPS) is 11.5. The summed E-state index contributed by atoms with van der Waals surface area (Å²) in [6, 6.07) is 16.5. The second-order valence-electron chi connectivity index (χ2n) is 5.90. The van der Waals surface area contributed by atoms with Crippen LogP contribution < -0.4 is 10.1 Å². The van der Waals surface area contributed by atoms with Gasteiger partial charge in [-0.1, -0.05) is 42.5 Å². The maximum absolute atomic E-state index is 11.9. The van der Waals surface area contributed by atoms with E-state index in [1.807, 2.05) is 54.6 Å². The number of hydrogen-bond acceptors (Lipinski definition) is 5. The van der Waals surface area contributed by atoms with Crippen molar-refractivity contribution in [2.75, 3.05) is 20.3 Å². The van der Waals surface area contributed by atoms with Gasteiger partial charge in [0.15, 0.2) is 0 Å². The van der Waals surface area contributed by atoms with Gasteiger partial charge in [0, 0.05) is 13.0 Å². The number of carbonyl (C=O) groups excluding carboxylic acids is 2. The third kappa shape index (κ3) is 7.11. The molecule has 0 aliphatic heterocycles. The molecule has 2 aromatic carbocycles. The molecule has 6 nitrogen and oxygen atoms in total. The summed E-state index contributed by atoms with van der Waals surface area (Å²) in [4.78, 5) is 23.8. The van der Waals surface area contributed by atoms with Gasteiger partial charge in [-0.25, -0.2) is 4.79 Å². The molecule has 27 heavy (non-hydrogen) atoms. The summed E-state index contributed by atoms with van der Waals surface area (Å²) in [5.74, 6) is -0.114. The van der Waals surface area contributed by atoms with Crippen molar-refractivity contribution in [1.29, 1.82) is 0 Å². The summed E-state index contributed by atoms with van der Waals surface area (Å²) in [6.07, 6.45) is 0.323. The Labute approximate surface area is 159 Å². The highest BCUT2D eigenvalue weighted by Gasteiger charge is 2.22. The van der Waals surface area contributed by atoms with E-state index in [2.05, 4.69) is 5.32 Å². The average Bonchev–Trinajstić information content (AvgIpc) is 2.71. The number of hydrogen-bond donors (Lipinski definition) is 1. The van der Waals surface area contributed by atoms with Crippen molar-refractivity contribution in [2.45, 2.75) is 26.0 Å². The topological polar surface area (TPSA) is 73.9 Å². The first kappa shape index (κ1) is 20.5. The minimum atomic E-state index is -0.765. The van der Waals surface area contributed by atoms with Crippen LogP contribution in [0.3, 0.4) is 0 Å². The maximum Gasteiger partial charge on any atom is 0.328 e. The Hall–Kier alpha value is -2.86. The van der Waals surface area contributed by atoms with Crippen molar-refractivity contribution in [3.8, 4) is 5.75 Å². The van der Waals surface area contributed by atoms with Crippen LogP contribution in [0.5, 0.6) is 5.75 Å². The van der Waals surface area contributed by atoms with Gasteiger partial charge < -0.3 is 19.5 Å². The number of rotatable bonds is 10. The highest BCUT2D eigenvalue weighted by atomic mass is 16.5. The van der Waals surface area contributed by atoms with Crippen LogP contribution in [0.1, 0.15) is 18.1 Å². The van der Waals surface area contributed by atoms with Gasteiger partial charge in [-0.3, -0.25) is 4.79 Å². The van der Waals surface area contributed by atoms with Crippen molar-refractivity contribution < 1.29 is 23.8 Å². The Bertz CT molecular complexity index is 715. The third-order valence-corrected chi connectivity index (χ3v) is 3.87. The van der Waals surface area contributed by atoms with E-state index in [-0.39, 0.29) is 12.5 Å². The molecule has 2 aromatic rings. The van der Waals surface area contributed by atoms with Crippen LogP contribution in [0.15, 0.2) is 54.6 Å². The Balaban J connectivity index is 1.92. The monoisotopic (exact) mass is 371 g/mol. The first-order valence-electron chi connectivity index (χ1n) is 8.83. The number of esters is 1. The van der Waals surface area contributed by atoms with Gasteiger partial charge in [-0.2, -0.15) is 0 Å². The van der Waals surface area contributed by atoms with E-state index in [4.69, 9.17) is 14.2 Å². The summed E-state index contributed by atoms with van der Waals surface area (Å²) >= 11 is 0. The van der Waals surface area contributed by atoms with Gasteiger partial charge >= 0.3 is 5.97 Å². The van der Waals surface area contributed by atoms with Crippen molar-refractivity contribution >= 4 is 11.9 Å². The first-order chi connectivity index (χ1) is 13.1. The molecular weight excluding hydrogens is 346 g/mol. The van der Waals surface area contributed by atoms with Crippen LogP contribution in [0.25, 0.3) is 0 Å². The van der Waals surface area contributed by atoms with Crippen molar-refractivity contribution in [2.24, 2.45) is 0 Å². The molecule has 2 rings (SSSR count). The minimum Gasteiger partial charge on any atom is -0.489 e. The Morgan fingerprint density at radius 3 is 2.33 bits per heavy atom. The highest BCUT2D eigenvalue weighted by Crippen LogP contribution is 2.15. The summed E-state index contributed by atoms with van der Waals surface area (Å²) in [6.45, 7) is 2.63. The zero-order valence-electron chi connectivity index (χ0n) is 15.6. The van der Waals surface area contributed by atoms with Crippen LogP contribution >= 0.6 is 0 Å². The Morgan fingerprint density at radius 1 is 1.00 bits per heavy atom. The van der Waals surface area contributed by atoms with E-state index >= 15 is 0 Å². The molecule has 0 spiro atoms. The van der Waals surface area contributed by atoms with Crippen LogP contribution in [-0.4, -0.2) is 38.2 Å². The van der Waals surface area contributed by atoms with E-state index in [0.717, 1.165) is 16.9 Å². The summed E-state index contributed by atoms with van der Waals surface area (Å²) in [5.41, 5.74) is 1.97. The second-order valence-corrected chi connectivity index (χ2v) is 5.90. The molecule has 6 heteroatoms. The van der Waals surface area contributed by atoms with Crippen molar-refractivity contribution in [1.82, 2.24) is 5.32 Å². The molecular formula is C21H25NO5. The number of methoxy groups -OCH3 is 1. The molecule has 0 aromatic heterocycles. The van der Waals surface area contributed by atoms with Gasteiger partial charge in [0.2, 0.25) is 5.91 Å². The largest absolute Gasteiger partial charge is 0.489 e. The molecule has 0 saturated carbocycles. The van der Waals surface area contributed by atoms with Gasteiger partial charge in [0.1, 0.15) is 25.0 Å². The van der Waals surface area contributed by atoms with Gasteiger partial charge in [0.05, 0.1) is 7.11 Å². The number of nitrogens with one attached hydrogen (secondary N) is 1. The SMILES string of the molecule is CCOCC(=O)N[C@H](Cc1ccc(OCc2ccccc2)cc1)C(=O)OC. The molecule has 144 valence electrons. The van der Waals surface area contributed by atoms with Gasteiger partial charge in [-0.15, -0.1) is 0 Å². The number of benzene rings is 2. The standard InChI is InChI=1S/C21H25NO5/c1-3-26-15-20(23)22-19(21(24)25-2)13-16-9-11-18(12-10-16)27-14-17-7-5-4-6-8-17/h4-12,19H,3,13-15H2,1-2H3,(H,22,23)/t19-/m1/s1. The highest BCUT2D eigenvalue weighted by molar-refractivity contribution is 5.85. The van der Waals surface area contributed by atoms with Gasteiger partial charge in [-0.05, 0) is 30.2 Å². The third-order valence-electron chi connectivity index (χ3n) is 3.87. The molecule has 0 bridgehead atoms. The fourth-order valence-electron chi connectivity index (χ4n) is 2.46. The number of carbonyl (C=O) groups is 2. The zero-order chi connectivity index (χ0) is 19.5. The summed E-state index contributed by atoms with van der Waals surface area (Å²) in [5, 5.41) is 2.64. The van der Waals surface area contributed by atoms with E-state index < -0.39 is 12.0 Å². The lowest BCUT2D eigenvalue weighted by atomic mass is 10.1. The molecule has 1 atom stereocenters. The van der Waals surface area contributed by atoms with Crippen molar-refractivity contribution in [3.05, 3.63) is 65.7 Å². The lowest BCUT2D eigenvalue weighted by Crippen LogP contribution is -2.44. The Kier molecular flexibility index (Phi) is 8.32. The summed E-state index contributed by atoms with van der Waals surface area (Å²) < 4.78 is 15.6. The molecule has 0 heterocycles. The van der Waals surface area contributed by atoms with E-state index in [1.165, 1.54) is 7.11 Å². The smallest absolute Gasteiger partial charge is 0.328 e. The molecule has 1 amide bonds. The predicted octanol–water partition coefficient (Wildman–Crippen LogP) is 2.50. The zero-order valence-corrected chi connectivity index (χ0v) is 15.6. The van der Waals surface area contributed by atoms with Crippen LogP contribution in [-0.2, 0) is 32.1 Å². The van der Waals surface area contributed by atoms with Crippen LogP contribution in [0.4, 0.5) is 0 Å². The quantitative estimate of drug-likeness (QED) is 0.650. The second kappa shape index (κ2) is 11.0. The molecule has 1 N–H and O–H groups in total. The van der Waals surface area contributed by atoms with Crippen molar-refractivity contribution in [3.63, 3.8) is 0 Å². The average molecular weight is 371 g/mol. The predicted molar refractivity (Wildman–Crippen MR) is 101 cm³/mol. The number of amides is 1. The maximum atomic E-state index is 11.9. The molecule has 0 aliphatic carbocycles. The lowest BCUT2D eigenvalue weighted by Gasteiger charge is -2.17. The number of ether oxygens (including phenoxy) is 3. The fourth-order valence-corrected chi connectivity index (χ4v) is 2.46. The first-order valence-corrected chi connectivity index (χ1v) is 8.83. The molecule has 0 radical (unpaired) electrons. The fraction of sp³-hybridized carbons (Fsp3) is 0.333. The minimum absolute atomic E-state index is 0.0870. The van der Waals surface area contributed by atoms with E-state index in [0.29, 0.717) is 19.6 Å². The molecule has 0 saturated heterocycles. The van der Waals surface area contributed by atoms with E-state index in [9.17, 15) is 9.59 Å². The molecule has 0 fully saturated rings. The van der Waals surface area contributed by atoms with E-state index in [1.54, 1.807) is 6.92 Å². The van der Waals surface area contributed by atoms with Gasteiger partial charge in [0.25, 0.3) is 0 Å².